The average Bonchev–Trinajstić information content (AvgIpc) is 2.16. The Balaban J connectivity index is 2.99. The van der Waals surface area contributed by atoms with E-state index in [1.54, 1.807) is 14.0 Å². The molecule has 11 heavy (non-hydrogen) atoms. The fourth-order valence-electron chi connectivity index (χ4n) is 1.33. The molecule has 1 heterocycles. The summed E-state index contributed by atoms with van der Waals surface area (Å²) in [6, 6.07) is 0. The third-order valence-corrected chi connectivity index (χ3v) is 2.15. The molecule has 0 aromatic carbocycles. The average molecular weight is 153 g/mol. The molecule has 1 N–H and O–H groups in total. The SMILES string of the molecule is C#C[C@@]1(O)C(=O)N(C)CC1C. The van der Waals surface area contributed by atoms with E-state index in [0.717, 1.165) is 0 Å². The number of rotatable bonds is 0. The number of nitrogens with zero attached hydrogens (tertiary/aromatic N) is 1. The molecule has 0 aromatic rings. The highest BCUT2D eigenvalue weighted by molar-refractivity contribution is 5.90. The van der Waals surface area contributed by atoms with E-state index >= 15 is 0 Å². The van der Waals surface area contributed by atoms with Gasteiger partial charge in [-0.1, -0.05) is 12.8 Å². The molecule has 0 aromatic heterocycles. The molecule has 1 saturated heterocycles. The Labute approximate surface area is 66.0 Å². The predicted octanol–water partition coefficient (Wildman–Crippen LogP) is -0.541. The van der Waals surface area contributed by atoms with Gasteiger partial charge in [0.15, 0.2) is 0 Å². The van der Waals surface area contributed by atoms with Crippen molar-refractivity contribution in [1.82, 2.24) is 4.90 Å². The number of carbonyl (C=O) groups excluding carboxylic acids is 1. The third kappa shape index (κ3) is 0.908. The van der Waals surface area contributed by atoms with E-state index in [-0.39, 0.29) is 11.8 Å². The molecule has 0 aliphatic carbocycles. The summed E-state index contributed by atoms with van der Waals surface area (Å²) in [6.07, 6.45) is 5.06. The Morgan fingerprint density at radius 1 is 1.91 bits per heavy atom. The standard InChI is InChI=1S/C8H11NO2/c1-4-8(11)6(2)5-9(3)7(8)10/h1,6,11H,5H2,2-3H3/t6?,8-/m0/s1. The van der Waals surface area contributed by atoms with Gasteiger partial charge in [-0.15, -0.1) is 6.42 Å². The van der Waals surface area contributed by atoms with Crippen molar-refractivity contribution in [2.75, 3.05) is 13.6 Å². The van der Waals surface area contributed by atoms with E-state index < -0.39 is 5.60 Å². The van der Waals surface area contributed by atoms with Crippen molar-refractivity contribution in [3.05, 3.63) is 0 Å². The first kappa shape index (κ1) is 8.09. The largest absolute Gasteiger partial charge is 0.369 e. The van der Waals surface area contributed by atoms with Crippen LogP contribution in [-0.2, 0) is 4.79 Å². The lowest BCUT2D eigenvalue weighted by Crippen LogP contribution is -2.40. The number of carbonyl (C=O) groups is 1. The second kappa shape index (κ2) is 2.24. The maximum atomic E-state index is 11.2. The predicted molar refractivity (Wildman–Crippen MR) is 40.6 cm³/mol. The van der Waals surface area contributed by atoms with Crippen molar-refractivity contribution in [3.63, 3.8) is 0 Å². The summed E-state index contributed by atoms with van der Waals surface area (Å²) in [5.74, 6) is 1.59. The van der Waals surface area contributed by atoms with Crippen LogP contribution >= 0.6 is 0 Å². The summed E-state index contributed by atoms with van der Waals surface area (Å²) in [5, 5.41) is 9.58. The van der Waals surface area contributed by atoms with Crippen LogP contribution in [0.1, 0.15) is 6.92 Å². The van der Waals surface area contributed by atoms with Gasteiger partial charge in [-0.05, 0) is 0 Å². The fraction of sp³-hybridized carbons (Fsp3) is 0.625. The number of likely N-dealkylation sites (N-methyl/N-ethyl adjacent to an activating group) is 1. The minimum Gasteiger partial charge on any atom is -0.369 e. The smallest absolute Gasteiger partial charge is 0.267 e. The molecule has 0 bridgehead atoms. The van der Waals surface area contributed by atoms with Crippen LogP contribution in [0.25, 0.3) is 0 Å². The topological polar surface area (TPSA) is 40.5 Å². The molecule has 2 atom stereocenters. The lowest BCUT2D eigenvalue weighted by Gasteiger charge is -2.16. The number of likely N-dealkylation sites (tertiary alicyclic amines) is 1. The monoisotopic (exact) mass is 153 g/mol. The Morgan fingerprint density at radius 3 is 2.64 bits per heavy atom. The molecule has 0 spiro atoms. The van der Waals surface area contributed by atoms with E-state index in [1.807, 2.05) is 0 Å². The fourth-order valence-corrected chi connectivity index (χ4v) is 1.33. The molecule has 1 rings (SSSR count). The van der Waals surface area contributed by atoms with E-state index in [1.165, 1.54) is 4.90 Å². The number of aliphatic hydroxyl groups is 1. The molecule has 3 nitrogen and oxygen atoms in total. The van der Waals surface area contributed by atoms with Crippen molar-refractivity contribution < 1.29 is 9.90 Å². The van der Waals surface area contributed by atoms with Crippen LogP contribution in [0.3, 0.4) is 0 Å². The molecule has 0 radical (unpaired) electrons. The summed E-state index contributed by atoms with van der Waals surface area (Å²) >= 11 is 0. The summed E-state index contributed by atoms with van der Waals surface area (Å²) in [7, 11) is 1.63. The van der Waals surface area contributed by atoms with E-state index in [4.69, 9.17) is 6.42 Å². The van der Waals surface area contributed by atoms with E-state index in [9.17, 15) is 9.90 Å². The molecule has 60 valence electrons. The van der Waals surface area contributed by atoms with Crippen LogP contribution < -0.4 is 0 Å². The lowest BCUT2D eigenvalue weighted by molar-refractivity contribution is -0.138. The highest BCUT2D eigenvalue weighted by Crippen LogP contribution is 2.26. The number of terminal acetylenes is 1. The molecule has 1 aliphatic heterocycles. The van der Waals surface area contributed by atoms with Crippen molar-refractivity contribution >= 4 is 5.91 Å². The van der Waals surface area contributed by atoms with Crippen molar-refractivity contribution in [1.29, 1.82) is 0 Å². The van der Waals surface area contributed by atoms with Crippen LogP contribution in [-0.4, -0.2) is 35.1 Å². The van der Waals surface area contributed by atoms with Crippen LogP contribution in [0.4, 0.5) is 0 Å². The minimum atomic E-state index is -1.56. The second-order valence-corrected chi connectivity index (χ2v) is 3.00. The van der Waals surface area contributed by atoms with Gasteiger partial charge in [0.05, 0.1) is 0 Å². The Hall–Kier alpha value is -1.01. The molecular formula is C8H11NO2. The van der Waals surface area contributed by atoms with Crippen LogP contribution in [0, 0.1) is 18.3 Å². The Kier molecular flexibility index (Phi) is 1.65. The lowest BCUT2D eigenvalue weighted by atomic mass is 9.93. The first-order chi connectivity index (χ1) is 5.02. The summed E-state index contributed by atoms with van der Waals surface area (Å²) in [6.45, 7) is 2.29. The third-order valence-electron chi connectivity index (χ3n) is 2.15. The second-order valence-electron chi connectivity index (χ2n) is 3.00. The number of hydrogen-bond acceptors (Lipinski definition) is 2. The number of hydrogen-bond donors (Lipinski definition) is 1. The van der Waals surface area contributed by atoms with Crippen molar-refractivity contribution in [2.24, 2.45) is 5.92 Å². The zero-order chi connectivity index (χ0) is 8.65. The normalized spacial score (nSPS) is 37.5. The van der Waals surface area contributed by atoms with Gasteiger partial charge in [0, 0.05) is 19.5 Å². The van der Waals surface area contributed by atoms with Crippen LogP contribution in [0.15, 0.2) is 0 Å². The van der Waals surface area contributed by atoms with E-state index in [2.05, 4.69) is 5.92 Å². The molecule has 1 unspecified atom stereocenters. The van der Waals surface area contributed by atoms with Gasteiger partial charge in [0.2, 0.25) is 5.60 Å². The molecule has 0 saturated carbocycles. The summed E-state index contributed by atoms with van der Waals surface area (Å²) < 4.78 is 0. The van der Waals surface area contributed by atoms with E-state index in [0.29, 0.717) is 6.54 Å². The van der Waals surface area contributed by atoms with Gasteiger partial charge >= 0.3 is 0 Å². The van der Waals surface area contributed by atoms with Gasteiger partial charge in [-0.3, -0.25) is 4.79 Å². The summed E-state index contributed by atoms with van der Waals surface area (Å²) in [5.41, 5.74) is -1.56. The first-order valence-electron chi connectivity index (χ1n) is 3.48. The molecule has 3 heteroatoms. The van der Waals surface area contributed by atoms with Crippen molar-refractivity contribution in [3.8, 4) is 12.3 Å². The molecule has 1 fully saturated rings. The van der Waals surface area contributed by atoms with Gasteiger partial charge in [-0.25, -0.2) is 0 Å². The first-order valence-corrected chi connectivity index (χ1v) is 3.48. The Bertz CT molecular complexity index is 231. The van der Waals surface area contributed by atoms with Crippen LogP contribution in [0.5, 0.6) is 0 Å². The zero-order valence-corrected chi connectivity index (χ0v) is 6.66. The zero-order valence-electron chi connectivity index (χ0n) is 6.66. The highest BCUT2D eigenvalue weighted by Gasteiger charge is 2.48. The molecule has 1 amide bonds. The minimum absolute atomic E-state index is 0.176. The quantitative estimate of drug-likeness (QED) is 0.475. The molecule has 1 aliphatic rings. The van der Waals surface area contributed by atoms with Gasteiger partial charge in [0.25, 0.3) is 5.91 Å². The van der Waals surface area contributed by atoms with Gasteiger partial charge in [-0.2, -0.15) is 0 Å². The number of amides is 1. The maximum absolute atomic E-state index is 11.2. The Morgan fingerprint density at radius 2 is 2.45 bits per heavy atom. The summed E-state index contributed by atoms with van der Waals surface area (Å²) in [4.78, 5) is 12.7. The maximum Gasteiger partial charge on any atom is 0.267 e. The highest BCUT2D eigenvalue weighted by atomic mass is 16.3. The van der Waals surface area contributed by atoms with Crippen LogP contribution in [0.2, 0.25) is 0 Å². The van der Waals surface area contributed by atoms with Crippen molar-refractivity contribution in [2.45, 2.75) is 12.5 Å². The molecular weight excluding hydrogens is 142 g/mol. The van der Waals surface area contributed by atoms with Gasteiger partial charge < -0.3 is 10.0 Å². The van der Waals surface area contributed by atoms with Gasteiger partial charge in [0.1, 0.15) is 0 Å².